The lowest BCUT2D eigenvalue weighted by Gasteiger charge is -2.20. The number of aryl methyl sites for hydroxylation is 1. The zero-order chi connectivity index (χ0) is 15.6. The van der Waals surface area contributed by atoms with Gasteiger partial charge in [0.05, 0.1) is 6.54 Å². The van der Waals surface area contributed by atoms with Gasteiger partial charge in [0, 0.05) is 5.69 Å². The Bertz CT molecular complexity index is 563. The lowest BCUT2D eigenvalue weighted by molar-refractivity contribution is 0.0635. The summed E-state index contributed by atoms with van der Waals surface area (Å²) in [4.78, 5) is 22.8. The van der Waals surface area contributed by atoms with E-state index in [0.717, 1.165) is 11.1 Å². The highest BCUT2D eigenvalue weighted by Crippen LogP contribution is 2.25. The van der Waals surface area contributed by atoms with Gasteiger partial charge < -0.3 is 14.8 Å². The second kappa shape index (κ2) is 5.63. The van der Waals surface area contributed by atoms with Crippen LogP contribution in [0.2, 0.25) is 0 Å². The summed E-state index contributed by atoms with van der Waals surface area (Å²) in [5.41, 5.74) is 1.90. The summed E-state index contributed by atoms with van der Waals surface area (Å²) in [6.07, 6.45) is -1.19. The van der Waals surface area contributed by atoms with Crippen molar-refractivity contribution in [3.8, 4) is 0 Å². The Hall–Kier alpha value is -2.24. The minimum absolute atomic E-state index is 0.285. The van der Waals surface area contributed by atoms with Gasteiger partial charge in [-0.15, -0.1) is 0 Å². The number of carbonyl (C=O) groups excluding carboxylic acids is 2. The first-order valence-electron chi connectivity index (χ1n) is 6.79. The van der Waals surface area contributed by atoms with Crippen molar-refractivity contribution in [2.45, 2.75) is 39.4 Å². The van der Waals surface area contributed by atoms with Crippen molar-refractivity contribution in [1.82, 2.24) is 5.32 Å². The summed E-state index contributed by atoms with van der Waals surface area (Å²) < 4.78 is 10.3. The molecule has 2 N–H and O–H groups in total. The molecule has 6 heteroatoms. The normalized spacial score (nSPS) is 17.9. The van der Waals surface area contributed by atoms with Crippen molar-refractivity contribution in [1.29, 1.82) is 0 Å². The van der Waals surface area contributed by atoms with Crippen LogP contribution in [0.3, 0.4) is 0 Å². The van der Waals surface area contributed by atoms with Crippen LogP contribution in [0.1, 0.15) is 38.0 Å². The molecule has 0 radical (unpaired) electrons. The van der Waals surface area contributed by atoms with E-state index in [-0.39, 0.29) is 6.10 Å². The first-order chi connectivity index (χ1) is 9.74. The molecule has 21 heavy (non-hydrogen) atoms. The van der Waals surface area contributed by atoms with Crippen molar-refractivity contribution in [2.75, 3.05) is 11.9 Å². The van der Waals surface area contributed by atoms with Crippen molar-refractivity contribution < 1.29 is 19.1 Å². The Morgan fingerprint density at radius 3 is 2.67 bits per heavy atom. The average Bonchev–Trinajstić information content (AvgIpc) is 2.76. The minimum Gasteiger partial charge on any atom is -0.444 e. The van der Waals surface area contributed by atoms with E-state index in [1.165, 1.54) is 0 Å². The Morgan fingerprint density at radius 1 is 1.43 bits per heavy atom. The van der Waals surface area contributed by atoms with Crippen LogP contribution in [-0.2, 0) is 9.47 Å². The summed E-state index contributed by atoms with van der Waals surface area (Å²) in [7, 11) is 0. The molecule has 0 spiro atoms. The lowest BCUT2D eigenvalue weighted by Crippen LogP contribution is -2.27. The number of hydrogen-bond acceptors (Lipinski definition) is 4. The molecule has 0 saturated carbocycles. The maximum Gasteiger partial charge on any atom is 0.412 e. The number of nitrogens with one attached hydrogen (secondary N) is 2. The van der Waals surface area contributed by atoms with Gasteiger partial charge in [0.1, 0.15) is 11.7 Å². The van der Waals surface area contributed by atoms with Gasteiger partial charge in [-0.3, -0.25) is 5.32 Å². The van der Waals surface area contributed by atoms with E-state index in [1.54, 1.807) is 6.07 Å². The van der Waals surface area contributed by atoms with E-state index in [2.05, 4.69) is 10.6 Å². The fraction of sp³-hybridized carbons (Fsp3) is 0.467. The van der Waals surface area contributed by atoms with Crippen LogP contribution in [0.25, 0.3) is 0 Å². The SMILES string of the molecule is Cc1cc(C2CNC(=O)O2)ccc1NC(=O)OC(C)(C)C. The van der Waals surface area contributed by atoms with E-state index in [1.807, 2.05) is 39.8 Å². The highest BCUT2D eigenvalue weighted by atomic mass is 16.6. The van der Waals surface area contributed by atoms with Crippen LogP contribution in [0.4, 0.5) is 15.3 Å². The molecule has 1 saturated heterocycles. The molecular formula is C15H20N2O4. The Kier molecular flexibility index (Phi) is 4.06. The van der Waals surface area contributed by atoms with Gasteiger partial charge in [-0.2, -0.15) is 0 Å². The average molecular weight is 292 g/mol. The summed E-state index contributed by atoms with van der Waals surface area (Å²) in [6.45, 7) is 7.76. The second-order valence-corrected chi connectivity index (χ2v) is 5.98. The molecule has 1 aliphatic rings. The first-order valence-corrected chi connectivity index (χ1v) is 6.79. The number of amides is 2. The maximum atomic E-state index is 11.8. The highest BCUT2D eigenvalue weighted by Gasteiger charge is 2.24. The summed E-state index contributed by atoms with van der Waals surface area (Å²) in [6, 6.07) is 5.49. The monoisotopic (exact) mass is 292 g/mol. The molecule has 0 bridgehead atoms. The minimum atomic E-state index is -0.540. The van der Waals surface area contributed by atoms with E-state index >= 15 is 0 Å². The van der Waals surface area contributed by atoms with Crippen molar-refractivity contribution in [2.24, 2.45) is 0 Å². The van der Waals surface area contributed by atoms with Crippen LogP contribution in [0.15, 0.2) is 18.2 Å². The van der Waals surface area contributed by atoms with Crippen LogP contribution >= 0.6 is 0 Å². The molecule has 1 heterocycles. The number of cyclic esters (lactones) is 1. The fourth-order valence-electron chi connectivity index (χ4n) is 2.02. The topological polar surface area (TPSA) is 76.7 Å². The van der Waals surface area contributed by atoms with Crippen molar-refractivity contribution in [3.63, 3.8) is 0 Å². The van der Waals surface area contributed by atoms with Crippen LogP contribution in [0, 0.1) is 6.92 Å². The van der Waals surface area contributed by atoms with Gasteiger partial charge >= 0.3 is 12.2 Å². The number of rotatable bonds is 2. The number of alkyl carbamates (subject to hydrolysis) is 1. The number of ether oxygens (including phenoxy) is 2. The predicted octanol–water partition coefficient (Wildman–Crippen LogP) is 3.12. The van der Waals surface area contributed by atoms with E-state index < -0.39 is 17.8 Å². The Morgan fingerprint density at radius 2 is 2.14 bits per heavy atom. The molecule has 1 atom stereocenters. The van der Waals surface area contributed by atoms with Gasteiger partial charge in [-0.25, -0.2) is 9.59 Å². The Labute approximate surface area is 123 Å². The summed E-state index contributed by atoms with van der Waals surface area (Å²) in [5, 5.41) is 5.32. The van der Waals surface area contributed by atoms with E-state index in [9.17, 15) is 9.59 Å². The van der Waals surface area contributed by atoms with Crippen LogP contribution < -0.4 is 10.6 Å². The molecule has 0 aliphatic carbocycles. The molecule has 0 aromatic heterocycles. The number of benzene rings is 1. The molecular weight excluding hydrogens is 272 g/mol. The fourth-order valence-corrected chi connectivity index (χ4v) is 2.02. The second-order valence-electron chi connectivity index (χ2n) is 5.98. The molecule has 1 aromatic carbocycles. The first kappa shape index (κ1) is 15.2. The number of anilines is 1. The molecule has 1 fully saturated rings. The summed E-state index contributed by atoms with van der Waals surface area (Å²) in [5.74, 6) is 0. The standard InChI is InChI=1S/C15H20N2O4/c1-9-7-10(12-8-16-13(18)20-12)5-6-11(9)17-14(19)21-15(2,3)4/h5-7,12H,8H2,1-4H3,(H,16,18)(H,17,19). The molecule has 114 valence electrons. The third kappa shape index (κ3) is 4.11. The number of hydrogen-bond donors (Lipinski definition) is 2. The zero-order valence-corrected chi connectivity index (χ0v) is 12.6. The van der Waals surface area contributed by atoms with Crippen LogP contribution in [0.5, 0.6) is 0 Å². The van der Waals surface area contributed by atoms with Gasteiger partial charge in [0.15, 0.2) is 0 Å². The number of carbonyl (C=O) groups is 2. The highest BCUT2D eigenvalue weighted by molar-refractivity contribution is 5.86. The molecule has 1 aromatic rings. The van der Waals surface area contributed by atoms with Gasteiger partial charge in [-0.05, 0) is 44.9 Å². The third-order valence-electron chi connectivity index (χ3n) is 2.94. The predicted molar refractivity (Wildman–Crippen MR) is 78.3 cm³/mol. The summed E-state index contributed by atoms with van der Waals surface area (Å²) >= 11 is 0. The van der Waals surface area contributed by atoms with Crippen molar-refractivity contribution >= 4 is 17.9 Å². The smallest absolute Gasteiger partial charge is 0.412 e. The third-order valence-corrected chi connectivity index (χ3v) is 2.94. The van der Waals surface area contributed by atoms with Gasteiger partial charge in [-0.1, -0.05) is 12.1 Å². The molecule has 1 unspecified atom stereocenters. The molecule has 6 nitrogen and oxygen atoms in total. The van der Waals surface area contributed by atoms with E-state index in [4.69, 9.17) is 9.47 Å². The van der Waals surface area contributed by atoms with Crippen molar-refractivity contribution in [3.05, 3.63) is 29.3 Å². The Balaban J connectivity index is 2.06. The molecule has 2 amide bonds. The van der Waals surface area contributed by atoms with E-state index in [0.29, 0.717) is 12.2 Å². The molecule has 1 aliphatic heterocycles. The zero-order valence-electron chi connectivity index (χ0n) is 12.6. The molecule has 2 rings (SSSR count). The lowest BCUT2D eigenvalue weighted by atomic mass is 10.1. The van der Waals surface area contributed by atoms with Crippen LogP contribution in [-0.4, -0.2) is 24.3 Å². The maximum absolute atomic E-state index is 11.8. The van der Waals surface area contributed by atoms with Gasteiger partial charge in [0.2, 0.25) is 0 Å². The quantitative estimate of drug-likeness (QED) is 0.878. The van der Waals surface area contributed by atoms with Gasteiger partial charge in [0.25, 0.3) is 0 Å². The largest absolute Gasteiger partial charge is 0.444 e.